The Morgan fingerprint density at radius 2 is 1.88 bits per heavy atom. The molecule has 3 aromatic rings. The van der Waals surface area contributed by atoms with Crippen LogP contribution in [0.25, 0.3) is 11.3 Å². The normalized spacial score (nSPS) is 22.9. The van der Waals surface area contributed by atoms with E-state index in [0.717, 1.165) is 29.8 Å². The van der Waals surface area contributed by atoms with E-state index in [1.165, 1.54) is 18.2 Å². The Hall–Kier alpha value is -3.26. The van der Waals surface area contributed by atoms with Crippen LogP contribution in [0.2, 0.25) is 0 Å². The van der Waals surface area contributed by atoms with Crippen molar-refractivity contribution in [3.05, 3.63) is 76.7 Å². The van der Waals surface area contributed by atoms with Crippen molar-refractivity contribution >= 4 is 5.91 Å². The molecule has 0 radical (unpaired) electrons. The first kappa shape index (κ1) is 22.5. The molecule has 1 aromatic carbocycles. The highest BCUT2D eigenvalue weighted by molar-refractivity contribution is 5.92. The maximum absolute atomic E-state index is 14.4. The van der Waals surface area contributed by atoms with Gasteiger partial charge in [-0.15, -0.1) is 5.10 Å². The largest absolute Gasteiger partial charge is 0.392 e. The second-order valence-electron chi connectivity index (χ2n) is 9.82. The number of rotatable bonds is 5. The number of pyridine rings is 1. The van der Waals surface area contributed by atoms with Crippen molar-refractivity contribution < 1.29 is 18.7 Å². The molecule has 1 amide bonds. The van der Waals surface area contributed by atoms with Gasteiger partial charge in [0, 0.05) is 6.54 Å². The van der Waals surface area contributed by atoms with Crippen molar-refractivity contribution in [2.24, 2.45) is 5.41 Å². The van der Waals surface area contributed by atoms with Gasteiger partial charge in [0.1, 0.15) is 17.3 Å². The van der Waals surface area contributed by atoms with Gasteiger partial charge in [0.2, 0.25) is 0 Å². The van der Waals surface area contributed by atoms with Crippen LogP contribution in [0.3, 0.4) is 0 Å². The first-order valence-electron chi connectivity index (χ1n) is 11.4. The first-order valence-corrected chi connectivity index (χ1v) is 11.4. The van der Waals surface area contributed by atoms with Crippen LogP contribution < -0.4 is 5.32 Å². The quantitative estimate of drug-likeness (QED) is 0.593. The number of aromatic nitrogens is 3. The minimum absolute atomic E-state index is 0.112. The lowest BCUT2D eigenvalue weighted by atomic mass is 9.66. The minimum Gasteiger partial charge on any atom is -0.392 e. The van der Waals surface area contributed by atoms with Crippen molar-refractivity contribution in [3.8, 4) is 11.3 Å². The Balaban J connectivity index is 1.61. The minimum atomic E-state index is -0.677. The topological polar surface area (TPSA) is 88.0 Å². The van der Waals surface area contributed by atoms with Gasteiger partial charge in [-0.3, -0.25) is 4.79 Å². The summed E-state index contributed by atoms with van der Waals surface area (Å²) < 4.78 is 28.9. The number of aliphatic hydroxyl groups excluding tert-OH is 1. The standard InChI is InChI=1S/C26H26F2N4O2/c1-14(33)13-29-24(34)19-8-5-9-21(30-19)26-11-10-16(25(26,2)3)15-12-20(31-32-23(15)26)22-17(27)6-4-7-18(22)28/h4-9,12,14,16,33H,10-11,13H2,1-3H3,(H,29,34)/t14-,16+,26+/m1/s1. The van der Waals surface area contributed by atoms with Crippen LogP contribution in [0, 0.1) is 17.0 Å². The van der Waals surface area contributed by atoms with Gasteiger partial charge >= 0.3 is 0 Å². The molecule has 0 aliphatic heterocycles. The molecule has 2 heterocycles. The Morgan fingerprint density at radius 3 is 2.59 bits per heavy atom. The Kier molecular flexibility index (Phi) is 5.24. The fourth-order valence-corrected chi connectivity index (χ4v) is 5.89. The molecule has 3 atom stereocenters. The third-order valence-corrected chi connectivity index (χ3v) is 7.58. The monoisotopic (exact) mass is 464 g/mol. The third kappa shape index (κ3) is 3.15. The van der Waals surface area contributed by atoms with Crippen molar-refractivity contribution in [1.82, 2.24) is 20.5 Å². The molecular weight excluding hydrogens is 438 g/mol. The number of hydrogen-bond acceptors (Lipinski definition) is 5. The van der Waals surface area contributed by atoms with Gasteiger partial charge < -0.3 is 10.4 Å². The maximum atomic E-state index is 14.4. The molecule has 2 aromatic heterocycles. The lowest BCUT2D eigenvalue weighted by molar-refractivity contribution is 0.0918. The molecule has 2 aliphatic carbocycles. The number of amides is 1. The van der Waals surface area contributed by atoms with E-state index in [0.29, 0.717) is 0 Å². The molecule has 1 saturated carbocycles. The SMILES string of the molecule is C[C@@H](O)CNC(=O)c1cccc([C@@]23CC[C@@H](c4cc(-c5c(F)cccc5F)nnc42)C3(C)C)n1. The predicted octanol–water partition coefficient (Wildman–Crippen LogP) is 4.13. The third-order valence-electron chi connectivity index (χ3n) is 7.58. The summed E-state index contributed by atoms with van der Waals surface area (Å²) in [5.74, 6) is -1.60. The highest BCUT2D eigenvalue weighted by atomic mass is 19.1. The van der Waals surface area contributed by atoms with Gasteiger partial charge in [0.25, 0.3) is 5.91 Å². The zero-order chi connectivity index (χ0) is 24.3. The lowest BCUT2D eigenvalue weighted by Crippen LogP contribution is -2.38. The van der Waals surface area contributed by atoms with Crippen molar-refractivity contribution in [1.29, 1.82) is 0 Å². The number of benzene rings is 1. The molecule has 176 valence electrons. The van der Waals surface area contributed by atoms with E-state index in [1.54, 1.807) is 25.1 Å². The summed E-state index contributed by atoms with van der Waals surface area (Å²) in [5, 5.41) is 20.9. The van der Waals surface area contributed by atoms with Crippen molar-refractivity contribution in [2.75, 3.05) is 6.54 Å². The average molecular weight is 465 g/mol. The highest BCUT2D eigenvalue weighted by Gasteiger charge is 2.65. The molecule has 6 nitrogen and oxygen atoms in total. The van der Waals surface area contributed by atoms with Gasteiger partial charge in [-0.1, -0.05) is 26.0 Å². The van der Waals surface area contributed by atoms with Gasteiger partial charge in [-0.2, -0.15) is 5.10 Å². The van der Waals surface area contributed by atoms with Crippen molar-refractivity contribution in [2.45, 2.75) is 51.0 Å². The molecule has 8 heteroatoms. The molecule has 0 spiro atoms. The van der Waals surface area contributed by atoms with E-state index in [2.05, 4.69) is 29.4 Å². The van der Waals surface area contributed by atoms with Crippen LogP contribution in [0.15, 0.2) is 42.5 Å². The van der Waals surface area contributed by atoms with E-state index in [9.17, 15) is 18.7 Å². The number of fused-ring (bicyclic) bond motifs is 5. The Labute approximate surface area is 196 Å². The lowest BCUT2D eigenvalue weighted by Gasteiger charge is -2.37. The van der Waals surface area contributed by atoms with E-state index in [1.807, 2.05) is 6.07 Å². The zero-order valence-corrected chi connectivity index (χ0v) is 19.3. The summed E-state index contributed by atoms with van der Waals surface area (Å²) in [7, 11) is 0. The van der Waals surface area contributed by atoms with E-state index >= 15 is 0 Å². The van der Waals surface area contributed by atoms with Crippen LogP contribution in [-0.4, -0.2) is 38.8 Å². The first-order chi connectivity index (χ1) is 16.2. The summed E-state index contributed by atoms with van der Waals surface area (Å²) in [4.78, 5) is 17.3. The second-order valence-corrected chi connectivity index (χ2v) is 9.82. The zero-order valence-electron chi connectivity index (χ0n) is 19.3. The summed E-state index contributed by atoms with van der Waals surface area (Å²) in [6, 6.07) is 10.8. The van der Waals surface area contributed by atoms with Crippen molar-refractivity contribution in [3.63, 3.8) is 0 Å². The highest BCUT2D eigenvalue weighted by Crippen LogP contribution is 2.69. The summed E-state index contributed by atoms with van der Waals surface area (Å²) >= 11 is 0. The van der Waals surface area contributed by atoms with Gasteiger partial charge in [0.15, 0.2) is 0 Å². The number of halogens is 2. The maximum Gasteiger partial charge on any atom is 0.269 e. The molecule has 5 rings (SSSR count). The Morgan fingerprint density at radius 1 is 1.18 bits per heavy atom. The predicted molar refractivity (Wildman–Crippen MR) is 122 cm³/mol. The number of hydrogen-bond donors (Lipinski definition) is 2. The van der Waals surface area contributed by atoms with Crippen LogP contribution in [0.1, 0.15) is 67.0 Å². The van der Waals surface area contributed by atoms with E-state index in [-0.39, 0.29) is 40.7 Å². The second kappa shape index (κ2) is 7.91. The molecule has 2 N–H and O–H groups in total. The van der Waals surface area contributed by atoms with Crippen LogP contribution >= 0.6 is 0 Å². The fourth-order valence-electron chi connectivity index (χ4n) is 5.89. The van der Waals surface area contributed by atoms with Gasteiger partial charge in [-0.05, 0) is 67.0 Å². The number of carbonyl (C=O) groups is 1. The fraction of sp³-hybridized carbons (Fsp3) is 0.385. The smallest absolute Gasteiger partial charge is 0.269 e. The molecule has 34 heavy (non-hydrogen) atoms. The molecular formula is C26H26F2N4O2. The van der Waals surface area contributed by atoms with E-state index < -0.39 is 23.2 Å². The summed E-state index contributed by atoms with van der Waals surface area (Å²) in [5.41, 5.74) is 1.79. The number of nitrogens with one attached hydrogen (secondary N) is 1. The molecule has 0 saturated heterocycles. The van der Waals surface area contributed by atoms with E-state index in [4.69, 9.17) is 4.98 Å². The number of carbonyl (C=O) groups excluding carboxylic acids is 1. The summed E-state index contributed by atoms with van der Waals surface area (Å²) in [6.07, 6.45) is 0.988. The number of aliphatic hydroxyl groups is 1. The Bertz CT molecular complexity index is 1270. The molecule has 2 aliphatic rings. The van der Waals surface area contributed by atoms with Crippen LogP contribution in [-0.2, 0) is 5.41 Å². The van der Waals surface area contributed by atoms with Crippen LogP contribution in [0.4, 0.5) is 8.78 Å². The molecule has 1 fully saturated rings. The van der Waals surface area contributed by atoms with Gasteiger partial charge in [-0.25, -0.2) is 13.8 Å². The number of nitrogens with zero attached hydrogens (tertiary/aromatic N) is 3. The summed E-state index contributed by atoms with van der Waals surface area (Å²) in [6.45, 7) is 6.03. The van der Waals surface area contributed by atoms with Crippen LogP contribution in [0.5, 0.6) is 0 Å². The molecule has 0 unspecified atom stereocenters. The van der Waals surface area contributed by atoms with Gasteiger partial charge in [0.05, 0.1) is 34.2 Å². The molecule has 2 bridgehead atoms. The average Bonchev–Trinajstić information content (AvgIpc) is 3.18.